The van der Waals surface area contributed by atoms with E-state index in [2.05, 4.69) is 0 Å². The third-order valence-corrected chi connectivity index (χ3v) is 5.51. The number of aliphatic hydroxyl groups is 1. The monoisotopic (exact) mass is 437 g/mol. The van der Waals surface area contributed by atoms with Crippen molar-refractivity contribution in [2.45, 2.75) is 12.0 Å². The molecular weight excluding hydrogens is 418 g/mol. The summed E-state index contributed by atoms with van der Waals surface area (Å²) in [5.41, 5.74) is -1.07. The van der Waals surface area contributed by atoms with Crippen molar-refractivity contribution in [3.8, 4) is 11.5 Å². The smallest absolute Gasteiger partial charge is 0.264 e. The summed E-state index contributed by atoms with van der Waals surface area (Å²) in [5.74, 6) is -0.711. The molecule has 1 aliphatic rings. The average molecular weight is 438 g/mol. The number of carbonyl (C=O) groups excluding carboxylic acids is 2. The van der Waals surface area contributed by atoms with E-state index in [1.807, 2.05) is 0 Å². The van der Waals surface area contributed by atoms with Crippen LogP contribution in [0.4, 0.5) is 5.69 Å². The predicted octanol–water partition coefficient (Wildman–Crippen LogP) is 3.93. The summed E-state index contributed by atoms with van der Waals surface area (Å²) < 4.78 is 5.69. The Morgan fingerprint density at radius 2 is 1.68 bits per heavy atom. The van der Waals surface area contributed by atoms with Gasteiger partial charge in [-0.05, 0) is 42.5 Å². The maximum Gasteiger partial charge on any atom is 0.264 e. The topological polar surface area (TPSA) is 87.1 Å². The lowest BCUT2D eigenvalue weighted by Gasteiger charge is -2.23. The van der Waals surface area contributed by atoms with Gasteiger partial charge >= 0.3 is 0 Å². The minimum absolute atomic E-state index is 0.0609. The van der Waals surface area contributed by atoms with Gasteiger partial charge in [-0.15, -0.1) is 0 Å². The molecule has 1 heterocycles. The van der Waals surface area contributed by atoms with Crippen molar-refractivity contribution in [2.75, 3.05) is 18.1 Å². The zero-order valence-corrected chi connectivity index (χ0v) is 17.2. The number of rotatable bonds is 7. The first kappa shape index (κ1) is 20.9. The van der Waals surface area contributed by atoms with E-state index in [0.29, 0.717) is 22.0 Å². The highest BCUT2D eigenvalue weighted by Gasteiger charge is 2.50. The highest BCUT2D eigenvalue weighted by Crippen LogP contribution is 2.43. The number of carbonyl (C=O) groups is 2. The number of hydrogen-bond acceptors (Lipinski definition) is 5. The van der Waals surface area contributed by atoms with Crippen LogP contribution in [0.1, 0.15) is 22.3 Å². The Morgan fingerprint density at radius 1 is 1.00 bits per heavy atom. The van der Waals surface area contributed by atoms with Gasteiger partial charge in [-0.25, -0.2) is 0 Å². The molecule has 31 heavy (non-hydrogen) atoms. The van der Waals surface area contributed by atoms with E-state index in [4.69, 9.17) is 16.3 Å². The van der Waals surface area contributed by atoms with E-state index in [-0.39, 0.29) is 24.5 Å². The van der Waals surface area contributed by atoms with Crippen LogP contribution in [0.25, 0.3) is 0 Å². The Morgan fingerprint density at radius 3 is 2.42 bits per heavy atom. The van der Waals surface area contributed by atoms with Gasteiger partial charge in [-0.3, -0.25) is 9.59 Å². The second kappa shape index (κ2) is 8.41. The van der Waals surface area contributed by atoms with Gasteiger partial charge in [-0.1, -0.05) is 41.9 Å². The zero-order valence-electron chi connectivity index (χ0n) is 16.5. The van der Waals surface area contributed by atoms with Crippen LogP contribution in [0.15, 0.2) is 72.8 Å². The number of ether oxygens (including phenoxy) is 1. The van der Waals surface area contributed by atoms with Gasteiger partial charge in [0.1, 0.15) is 18.1 Å². The largest absolute Gasteiger partial charge is 0.507 e. The van der Waals surface area contributed by atoms with Crippen molar-refractivity contribution in [1.29, 1.82) is 0 Å². The summed E-state index contributed by atoms with van der Waals surface area (Å²) in [5, 5.41) is 21.9. The number of nitrogens with zero attached hydrogens (tertiary/aromatic N) is 1. The number of ketones is 1. The number of hydrogen-bond donors (Lipinski definition) is 2. The van der Waals surface area contributed by atoms with Crippen LogP contribution in [-0.2, 0) is 10.4 Å². The maximum absolute atomic E-state index is 13.2. The van der Waals surface area contributed by atoms with Crippen molar-refractivity contribution in [2.24, 2.45) is 0 Å². The summed E-state index contributed by atoms with van der Waals surface area (Å²) >= 11 is 5.87. The molecule has 3 aromatic rings. The molecule has 0 bridgehead atoms. The number of phenolic OH excluding ortho intramolecular Hbond substituents is 1. The second-order valence-corrected chi connectivity index (χ2v) is 7.69. The van der Waals surface area contributed by atoms with E-state index >= 15 is 0 Å². The van der Waals surface area contributed by atoms with Crippen molar-refractivity contribution >= 4 is 29.0 Å². The summed E-state index contributed by atoms with van der Waals surface area (Å²) in [6.07, 6.45) is -0.477. The molecule has 1 atom stereocenters. The number of anilines is 1. The molecule has 0 saturated heterocycles. The summed E-state index contributed by atoms with van der Waals surface area (Å²) in [6.45, 7) is 0.372. The highest BCUT2D eigenvalue weighted by atomic mass is 35.5. The number of Topliss-reactive ketones (excluding diaryl/α,β-unsaturated/α-hetero) is 1. The molecule has 1 unspecified atom stereocenters. The minimum Gasteiger partial charge on any atom is -0.507 e. The molecule has 7 heteroatoms. The zero-order chi connectivity index (χ0) is 22.0. The molecule has 6 nitrogen and oxygen atoms in total. The third kappa shape index (κ3) is 4.00. The lowest BCUT2D eigenvalue weighted by molar-refractivity contribution is -0.135. The molecule has 158 valence electrons. The average Bonchev–Trinajstić information content (AvgIpc) is 2.97. The molecule has 0 fully saturated rings. The first-order valence-corrected chi connectivity index (χ1v) is 10.1. The van der Waals surface area contributed by atoms with Gasteiger partial charge in [0.2, 0.25) is 0 Å². The Balaban J connectivity index is 1.54. The van der Waals surface area contributed by atoms with E-state index in [9.17, 15) is 19.8 Å². The fourth-order valence-corrected chi connectivity index (χ4v) is 3.85. The van der Waals surface area contributed by atoms with Crippen LogP contribution in [0.3, 0.4) is 0 Å². The molecule has 0 saturated carbocycles. The number of amides is 1. The number of halogens is 1. The van der Waals surface area contributed by atoms with Crippen LogP contribution in [0.5, 0.6) is 11.5 Å². The third-order valence-electron chi connectivity index (χ3n) is 5.26. The van der Waals surface area contributed by atoms with Crippen LogP contribution in [-0.4, -0.2) is 35.1 Å². The molecule has 0 aliphatic carbocycles. The SMILES string of the molecule is O=C(CC1(O)C(=O)N(CCOc2ccc(Cl)cc2)c2ccccc21)c1ccccc1O. The standard InChI is InChI=1S/C24H20ClNO5/c25-16-9-11-17(12-10-16)31-14-13-26-20-7-3-2-6-19(20)24(30,23(26)29)15-22(28)18-5-1-4-8-21(18)27/h1-12,27,30H,13-15H2. The minimum atomic E-state index is -2.02. The number of phenols is 1. The maximum atomic E-state index is 13.2. The Hall–Kier alpha value is -3.35. The van der Waals surface area contributed by atoms with Gasteiger partial charge in [0.15, 0.2) is 11.4 Å². The number of fused-ring (bicyclic) bond motifs is 1. The molecule has 2 N–H and O–H groups in total. The lowest BCUT2D eigenvalue weighted by Crippen LogP contribution is -2.43. The first-order chi connectivity index (χ1) is 14.9. The predicted molar refractivity (Wildman–Crippen MR) is 117 cm³/mol. The van der Waals surface area contributed by atoms with E-state index in [1.54, 1.807) is 60.7 Å². The summed E-state index contributed by atoms with van der Waals surface area (Å²) in [7, 11) is 0. The molecule has 1 amide bonds. The Labute approximate surface area is 184 Å². The molecule has 3 aromatic carbocycles. The molecule has 0 spiro atoms. The summed E-state index contributed by atoms with van der Waals surface area (Å²) in [4.78, 5) is 27.4. The fourth-order valence-electron chi connectivity index (χ4n) is 3.72. The number of benzene rings is 3. The fraction of sp³-hybridized carbons (Fsp3) is 0.167. The van der Waals surface area contributed by atoms with Crippen LogP contribution in [0.2, 0.25) is 5.02 Å². The molecule has 0 aromatic heterocycles. The number of aromatic hydroxyl groups is 1. The van der Waals surface area contributed by atoms with Crippen LogP contribution in [0, 0.1) is 0 Å². The van der Waals surface area contributed by atoms with Crippen LogP contribution >= 0.6 is 11.6 Å². The molecule has 1 aliphatic heterocycles. The van der Waals surface area contributed by atoms with Gasteiger partial charge in [0, 0.05) is 10.6 Å². The lowest BCUT2D eigenvalue weighted by atomic mass is 9.88. The van der Waals surface area contributed by atoms with Crippen molar-refractivity contribution < 1.29 is 24.5 Å². The Bertz CT molecular complexity index is 1130. The van der Waals surface area contributed by atoms with Crippen molar-refractivity contribution in [1.82, 2.24) is 0 Å². The van der Waals surface area contributed by atoms with Gasteiger partial charge < -0.3 is 19.8 Å². The second-order valence-electron chi connectivity index (χ2n) is 7.25. The number of para-hydroxylation sites is 2. The highest BCUT2D eigenvalue weighted by molar-refractivity contribution is 6.30. The van der Waals surface area contributed by atoms with Crippen molar-refractivity contribution in [3.05, 3.63) is 88.9 Å². The van der Waals surface area contributed by atoms with Gasteiger partial charge in [-0.2, -0.15) is 0 Å². The van der Waals surface area contributed by atoms with Gasteiger partial charge in [0.05, 0.1) is 24.2 Å². The van der Waals surface area contributed by atoms with E-state index in [1.165, 1.54) is 17.0 Å². The first-order valence-electron chi connectivity index (χ1n) is 9.73. The summed E-state index contributed by atoms with van der Waals surface area (Å²) in [6, 6.07) is 19.7. The normalized spacial score (nSPS) is 17.5. The quantitative estimate of drug-likeness (QED) is 0.547. The molecule has 0 radical (unpaired) electrons. The molecular formula is C24H20ClNO5. The molecule has 4 rings (SSSR count). The Kier molecular flexibility index (Phi) is 5.67. The van der Waals surface area contributed by atoms with E-state index in [0.717, 1.165) is 0 Å². The van der Waals surface area contributed by atoms with Crippen molar-refractivity contribution in [3.63, 3.8) is 0 Å². The van der Waals surface area contributed by atoms with E-state index < -0.39 is 23.7 Å². The van der Waals surface area contributed by atoms with Gasteiger partial charge in [0.25, 0.3) is 5.91 Å². The van der Waals surface area contributed by atoms with Crippen LogP contribution < -0.4 is 9.64 Å².